The Labute approximate surface area is 127 Å². The van der Waals surface area contributed by atoms with Gasteiger partial charge in [-0.1, -0.05) is 26.3 Å². The lowest BCUT2D eigenvalue weighted by molar-refractivity contribution is 0.161. The SMILES string of the molecule is CC1(C)C[C@H](O)c2cc(N[C@@H]3CCC[C@@H](C#N)C3)ccc21. The first kappa shape index (κ1) is 14.4. The first-order chi connectivity index (χ1) is 9.99. The van der Waals surface area contributed by atoms with Crippen molar-refractivity contribution in [2.75, 3.05) is 5.32 Å². The van der Waals surface area contributed by atoms with E-state index in [0.29, 0.717) is 6.04 Å². The molecular formula is C18H24N2O. The number of aliphatic hydroxyl groups is 1. The Morgan fingerprint density at radius 2 is 2.14 bits per heavy atom. The van der Waals surface area contributed by atoms with Crippen LogP contribution >= 0.6 is 0 Å². The molecular weight excluding hydrogens is 260 g/mol. The van der Waals surface area contributed by atoms with Gasteiger partial charge in [-0.25, -0.2) is 0 Å². The van der Waals surface area contributed by atoms with E-state index in [2.05, 4.69) is 43.4 Å². The van der Waals surface area contributed by atoms with Crippen molar-refractivity contribution in [3.63, 3.8) is 0 Å². The summed E-state index contributed by atoms with van der Waals surface area (Å²) in [4.78, 5) is 0. The minimum atomic E-state index is -0.352. The maximum Gasteiger partial charge on any atom is 0.0802 e. The van der Waals surface area contributed by atoms with Crippen LogP contribution in [0.25, 0.3) is 0 Å². The average molecular weight is 284 g/mol. The van der Waals surface area contributed by atoms with Gasteiger partial charge in [-0.05, 0) is 54.4 Å². The highest BCUT2D eigenvalue weighted by atomic mass is 16.3. The van der Waals surface area contributed by atoms with Crippen molar-refractivity contribution < 1.29 is 5.11 Å². The lowest BCUT2D eigenvalue weighted by atomic mass is 9.86. The van der Waals surface area contributed by atoms with E-state index in [-0.39, 0.29) is 17.4 Å². The first-order valence-electron chi connectivity index (χ1n) is 7.98. The van der Waals surface area contributed by atoms with Crippen LogP contribution in [-0.2, 0) is 5.41 Å². The van der Waals surface area contributed by atoms with E-state index in [0.717, 1.165) is 43.4 Å². The number of nitrogens with zero attached hydrogens (tertiary/aromatic N) is 1. The molecule has 3 heteroatoms. The minimum Gasteiger partial charge on any atom is -0.388 e. The van der Waals surface area contributed by atoms with Crippen molar-refractivity contribution in [3.05, 3.63) is 29.3 Å². The van der Waals surface area contributed by atoms with Crippen LogP contribution in [-0.4, -0.2) is 11.1 Å². The average Bonchev–Trinajstić information content (AvgIpc) is 2.69. The van der Waals surface area contributed by atoms with Crippen LogP contribution in [0.15, 0.2) is 18.2 Å². The number of nitrogens with one attached hydrogen (secondary N) is 1. The number of fused-ring (bicyclic) bond motifs is 1. The zero-order valence-electron chi connectivity index (χ0n) is 12.9. The van der Waals surface area contributed by atoms with Crippen LogP contribution in [0.1, 0.15) is 63.2 Å². The van der Waals surface area contributed by atoms with Crippen LogP contribution in [0, 0.1) is 17.2 Å². The van der Waals surface area contributed by atoms with Crippen LogP contribution in [0.3, 0.4) is 0 Å². The molecule has 0 amide bonds. The number of hydrogen-bond acceptors (Lipinski definition) is 3. The van der Waals surface area contributed by atoms with E-state index < -0.39 is 0 Å². The smallest absolute Gasteiger partial charge is 0.0802 e. The Morgan fingerprint density at radius 3 is 2.90 bits per heavy atom. The van der Waals surface area contributed by atoms with Crippen molar-refractivity contribution in [2.45, 2.75) is 63.5 Å². The van der Waals surface area contributed by atoms with Crippen molar-refractivity contribution in [1.82, 2.24) is 0 Å². The van der Waals surface area contributed by atoms with Gasteiger partial charge in [0.2, 0.25) is 0 Å². The molecule has 2 N–H and O–H groups in total. The van der Waals surface area contributed by atoms with Gasteiger partial charge in [0, 0.05) is 17.6 Å². The summed E-state index contributed by atoms with van der Waals surface area (Å²) < 4.78 is 0. The lowest BCUT2D eigenvalue weighted by Crippen LogP contribution is -2.26. The van der Waals surface area contributed by atoms with Crippen LogP contribution in [0.2, 0.25) is 0 Å². The maximum absolute atomic E-state index is 10.3. The monoisotopic (exact) mass is 284 g/mol. The third-order valence-corrected chi connectivity index (χ3v) is 5.07. The predicted molar refractivity (Wildman–Crippen MR) is 84.0 cm³/mol. The molecule has 0 aromatic heterocycles. The van der Waals surface area contributed by atoms with Gasteiger partial charge in [0.05, 0.1) is 12.2 Å². The van der Waals surface area contributed by atoms with Gasteiger partial charge in [-0.15, -0.1) is 0 Å². The molecule has 1 fully saturated rings. The summed E-state index contributed by atoms with van der Waals surface area (Å²) >= 11 is 0. The van der Waals surface area contributed by atoms with E-state index in [9.17, 15) is 5.11 Å². The topological polar surface area (TPSA) is 56.0 Å². The summed E-state index contributed by atoms with van der Waals surface area (Å²) in [6.45, 7) is 4.38. The number of anilines is 1. The van der Waals surface area contributed by atoms with Crippen LogP contribution in [0.5, 0.6) is 0 Å². The number of benzene rings is 1. The Hall–Kier alpha value is -1.53. The van der Waals surface area contributed by atoms with E-state index in [1.807, 2.05) is 0 Å². The van der Waals surface area contributed by atoms with E-state index in [4.69, 9.17) is 5.26 Å². The summed E-state index contributed by atoms with van der Waals surface area (Å²) in [7, 11) is 0. The van der Waals surface area contributed by atoms with Gasteiger partial charge < -0.3 is 10.4 Å². The first-order valence-corrected chi connectivity index (χ1v) is 7.98. The Balaban J connectivity index is 1.76. The van der Waals surface area contributed by atoms with Crippen molar-refractivity contribution in [2.24, 2.45) is 5.92 Å². The minimum absolute atomic E-state index is 0.0595. The molecule has 1 aromatic carbocycles. The quantitative estimate of drug-likeness (QED) is 0.866. The largest absolute Gasteiger partial charge is 0.388 e. The fraction of sp³-hybridized carbons (Fsp3) is 0.611. The van der Waals surface area contributed by atoms with Crippen LogP contribution in [0.4, 0.5) is 5.69 Å². The van der Waals surface area contributed by atoms with Crippen molar-refractivity contribution >= 4 is 5.69 Å². The van der Waals surface area contributed by atoms with Gasteiger partial charge in [-0.2, -0.15) is 5.26 Å². The third-order valence-electron chi connectivity index (χ3n) is 5.07. The zero-order valence-corrected chi connectivity index (χ0v) is 12.9. The lowest BCUT2D eigenvalue weighted by Gasteiger charge is -2.27. The molecule has 0 aliphatic heterocycles. The Kier molecular flexibility index (Phi) is 3.67. The molecule has 0 saturated heterocycles. The van der Waals surface area contributed by atoms with Gasteiger partial charge in [-0.3, -0.25) is 0 Å². The second-order valence-electron chi connectivity index (χ2n) is 7.24. The second kappa shape index (κ2) is 5.35. The molecule has 1 aromatic rings. The fourth-order valence-corrected chi connectivity index (χ4v) is 3.92. The molecule has 1 saturated carbocycles. The number of nitriles is 1. The summed E-state index contributed by atoms with van der Waals surface area (Å²) in [5.41, 5.74) is 3.47. The number of aliphatic hydroxyl groups excluding tert-OH is 1. The van der Waals surface area contributed by atoms with Gasteiger partial charge in [0.25, 0.3) is 0 Å². The zero-order chi connectivity index (χ0) is 15.0. The van der Waals surface area contributed by atoms with Gasteiger partial charge in [0.15, 0.2) is 0 Å². The molecule has 3 atom stereocenters. The van der Waals surface area contributed by atoms with Crippen LogP contribution < -0.4 is 5.32 Å². The standard InChI is InChI=1S/C18H24N2O/c1-18(2)10-17(21)15-9-14(6-7-16(15)18)20-13-5-3-4-12(8-13)11-19/h6-7,9,12-13,17,20-21H,3-5,8,10H2,1-2H3/t12-,13-,17+/m1/s1. The summed E-state index contributed by atoms with van der Waals surface area (Å²) in [6, 6.07) is 9.15. The molecule has 3 nitrogen and oxygen atoms in total. The molecule has 0 heterocycles. The molecule has 3 rings (SSSR count). The number of hydrogen-bond donors (Lipinski definition) is 2. The van der Waals surface area contributed by atoms with E-state index in [1.54, 1.807) is 0 Å². The van der Waals surface area contributed by atoms with Crippen molar-refractivity contribution in [3.8, 4) is 6.07 Å². The summed E-state index contributed by atoms with van der Waals surface area (Å²) in [6.07, 6.45) is 4.66. The highest BCUT2D eigenvalue weighted by Gasteiger charge is 2.36. The fourth-order valence-electron chi connectivity index (χ4n) is 3.92. The van der Waals surface area contributed by atoms with Gasteiger partial charge >= 0.3 is 0 Å². The predicted octanol–water partition coefficient (Wildman–Crippen LogP) is 3.90. The van der Waals surface area contributed by atoms with Gasteiger partial charge in [0.1, 0.15) is 0 Å². The highest BCUT2D eigenvalue weighted by Crippen LogP contribution is 2.45. The molecule has 112 valence electrons. The normalized spacial score (nSPS) is 30.5. The Morgan fingerprint density at radius 1 is 1.33 bits per heavy atom. The molecule has 0 bridgehead atoms. The maximum atomic E-state index is 10.3. The van der Waals surface area contributed by atoms with E-state index >= 15 is 0 Å². The Bertz CT molecular complexity index is 573. The van der Waals surface area contributed by atoms with Crippen molar-refractivity contribution in [1.29, 1.82) is 5.26 Å². The second-order valence-corrected chi connectivity index (χ2v) is 7.24. The molecule has 0 spiro atoms. The third kappa shape index (κ3) is 2.78. The number of rotatable bonds is 2. The molecule has 2 aliphatic rings. The summed E-state index contributed by atoms with van der Waals surface area (Å²) in [5.74, 6) is 0.190. The molecule has 2 aliphatic carbocycles. The van der Waals surface area contributed by atoms with E-state index in [1.165, 1.54) is 5.56 Å². The highest BCUT2D eigenvalue weighted by molar-refractivity contribution is 5.53. The summed E-state index contributed by atoms with van der Waals surface area (Å²) in [5, 5.41) is 22.9. The molecule has 0 radical (unpaired) electrons. The molecule has 0 unspecified atom stereocenters. The molecule has 21 heavy (non-hydrogen) atoms.